The lowest BCUT2D eigenvalue weighted by Crippen LogP contribution is -2.17. The quantitative estimate of drug-likeness (QED) is 0.721. The lowest BCUT2D eigenvalue weighted by molar-refractivity contribution is 0.592. The molecule has 0 aliphatic heterocycles. The minimum Gasteiger partial charge on any atom is -0.346 e. The van der Waals surface area contributed by atoms with Gasteiger partial charge in [0.25, 0.3) is 0 Å². The minimum absolute atomic E-state index is 0.172. The first-order valence-electron chi connectivity index (χ1n) is 7.39. The summed E-state index contributed by atoms with van der Waals surface area (Å²) in [5.74, 6) is -0.172. The van der Waals surface area contributed by atoms with Gasteiger partial charge in [-0.1, -0.05) is 31.9 Å². The second-order valence-corrected chi connectivity index (χ2v) is 5.14. The zero-order valence-corrected chi connectivity index (χ0v) is 12.1. The average molecular weight is 274 g/mol. The second kappa shape index (κ2) is 7.85. The third-order valence-corrected chi connectivity index (χ3v) is 3.43. The molecule has 0 bridgehead atoms. The maximum atomic E-state index is 13.2. The van der Waals surface area contributed by atoms with Crippen molar-refractivity contribution in [3.8, 4) is 0 Å². The smallest absolute Gasteiger partial charge is 0.123 e. The number of rotatable bonds is 8. The van der Waals surface area contributed by atoms with Crippen LogP contribution in [0.15, 0.2) is 42.6 Å². The van der Waals surface area contributed by atoms with Crippen LogP contribution in [-0.4, -0.2) is 11.1 Å². The van der Waals surface area contributed by atoms with Gasteiger partial charge in [-0.2, -0.15) is 0 Å². The number of nitrogens with zero attached hydrogens (tertiary/aromatic N) is 1. The fourth-order valence-corrected chi connectivity index (χ4v) is 2.31. The number of aromatic nitrogens is 1. The highest BCUT2D eigenvalue weighted by Crippen LogP contribution is 2.09. The third kappa shape index (κ3) is 4.49. The van der Waals surface area contributed by atoms with Crippen molar-refractivity contribution in [2.75, 3.05) is 6.54 Å². The van der Waals surface area contributed by atoms with Crippen molar-refractivity contribution in [2.45, 2.75) is 39.3 Å². The summed E-state index contributed by atoms with van der Waals surface area (Å²) < 4.78 is 15.4. The van der Waals surface area contributed by atoms with Gasteiger partial charge in [0.15, 0.2) is 0 Å². The number of hydrogen-bond acceptors (Lipinski definition) is 1. The lowest BCUT2D eigenvalue weighted by atomic mass is 10.2. The van der Waals surface area contributed by atoms with E-state index in [9.17, 15) is 4.39 Å². The molecule has 2 rings (SSSR count). The Balaban J connectivity index is 1.88. The molecular weight excluding hydrogens is 251 g/mol. The van der Waals surface area contributed by atoms with E-state index < -0.39 is 0 Å². The summed E-state index contributed by atoms with van der Waals surface area (Å²) in [7, 11) is 0. The van der Waals surface area contributed by atoms with E-state index in [0.717, 1.165) is 25.2 Å². The first-order valence-corrected chi connectivity index (χ1v) is 7.39. The van der Waals surface area contributed by atoms with Crippen LogP contribution in [-0.2, 0) is 13.1 Å². The van der Waals surface area contributed by atoms with Crippen molar-refractivity contribution < 1.29 is 4.39 Å². The van der Waals surface area contributed by atoms with Crippen molar-refractivity contribution >= 4 is 0 Å². The first kappa shape index (κ1) is 14.8. The highest BCUT2D eigenvalue weighted by molar-refractivity contribution is 5.18. The fraction of sp³-hybridized carbons (Fsp3) is 0.412. The van der Waals surface area contributed by atoms with Crippen LogP contribution in [0.1, 0.15) is 37.4 Å². The maximum Gasteiger partial charge on any atom is 0.123 e. The number of unbranched alkanes of at least 4 members (excludes halogenated alkanes) is 2. The normalized spacial score (nSPS) is 10.9. The van der Waals surface area contributed by atoms with Crippen LogP contribution in [0.4, 0.5) is 4.39 Å². The molecule has 20 heavy (non-hydrogen) atoms. The van der Waals surface area contributed by atoms with E-state index >= 15 is 0 Å². The van der Waals surface area contributed by atoms with Gasteiger partial charge < -0.3 is 9.88 Å². The van der Waals surface area contributed by atoms with Gasteiger partial charge in [-0.3, -0.25) is 0 Å². The summed E-state index contributed by atoms with van der Waals surface area (Å²) in [5.41, 5.74) is 2.24. The Morgan fingerprint density at radius 1 is 1.15 bits per heavy atom. The van der Waals surface area contributed by atoms with E-state index in [0.29, 0.717) is 0 Å². The molecule has 1 aromatic heterocycles. The van der Waals surface area contributed by atoms with E-state index in [4.69, 9.17) is 0 Å². The molecule has 0 amide bonds. The van der Waals surface area contributed by atoms with Crippen LogP contribution in [0.2, 0.25) is 0 Å². The Kier molecular flexibility index (Phi) is 5.81. The molecule has 0 atom stereocenters. The summed E-state index contributed by atoms with van der Waals surface area (Å²) in [6, 6.07) is 11.0. The molecule has 0 fully saturated rings. The highest BCUT2D eigenvalue weighted by Gasteiger charge is 2.02. The van der Waals surface area contributed by atoms with Crippen molar-refractivity contribution in [3.05, 3.63) is 59.7 Å². The molecular formula is C17H23FN2. The molecule has 108 valence electrons. The number of benzene rings is 1. The van der Waals surface area contributed by atoms with E-state index in [1.807, 2.05) is 18.3 Å². The van der Waals surface area contributed by atoms with Gasteiger partial charge in [-0.05, 0) is 42.8 Å². The topological polar surface area (TPSA) is 17.0 Å². The summed E-state index contributed by atoms with van der Waals surface area (Å²) in [5, 5.41) is 3.47. The zero-order valence-electron chi connectivity index (χ0n) is 12.1. The van der Waals surface area contributed by atoms with Gasteiger partial charge in [0, 0.05) is 25.0 Å². The van der Waals surface area contributed by atoms with E-state index in [1.54, 1.807) is 12.1 Å². The molecule has 0 spiro atoms. The Morgan fingerprint density at radius 3 is 2.85 bits per heavy atom. The van der Waals surface area contributed by atoms with Crippen LogP contribution in [0, 0.1) is 5.82 Å². The van der Waals surface area contributed by atoms with Crippen LogP contribution in [0.3, 0.4) is 0 Å². The van der Waals surface area contributed by atoms with Crippen molar-refractivity contribution in [3.63, 3.8) is 0 Å². The van der Waals surface area contributed by atoms with Crippen molar-refractivity contribution in [2.24, 2.45) is 0 Å². The highest BCUT2D eigenvalue weighted by atomic mass is 19.1. The number of halogens is 1. The first-order chi connectivity index (χ1) is 9.79. The lowest BCUT2D eigenvalue weighted by Gasteiger charge is -2.10. The largest absolute Gasteiger partial charge is 0.346 e. The van der Waals surface area contributed by atoms with Crippen LogP contribution < -0.4 is 5.32 Å². The molecule has 1 heterocycles. The van der Waals surface area contributed by atoms with Gasteiger partial charge >= 0.3 is 0 Å². The summed E-state index contributed by atoms with van der Waals surface area (Å²) >= 11 is 0. The van der Waals surface area contributed by atoms with E-state index in [2.05, 4.69) is 22.9 Å². The SMILES string of the molecule is CCCCCNCc1cccn1Cc1cccc(F)c1. The standard InChI is InChI=1S/C17H23FN2/c1-2-3-4-10-19-13-17-9-6-11-20(17)14-15-7-5-8-16(18)12-15/h5-9,11-12,19H,2-4,10,13-14H2,1H3. The second-order valence-electron chi connectivity index (χ2n) is 5.14. The maximum absolute atomic E-state index is 13.2. The van der Waals surface area contributed by atoms with Crippen molar-refractivity contribution in [1.82, 2.24) is 9.88 Å². The molecule has 0 radical (unpaired) electrons. The molecule has 3 heteroatoms. The predicted molar refractivity (Wildman–Crippen MR) is 81.2 cm³/mol. The molecule has 2 aromatic rings. The van der Waals surface area contributed by atoms with E-state index in [1.165, 1.54) is 31.0 Å². The summed E-state index contributed by atoms with van der Waals surface area (Å²) in [4.78, 5) is 0. The average Bonchev–Trinajstić information content (AvgIpc) is 2.86. The third-order valence-electron chi connectivity index (χ3n) is 3.43. The summed E-state index contributed by atoms with van der Waals surface area (Å²) in [6.45, 7) is 4.85. The van der Waals surface area contributed by atoms with Crippen LogP contribution in [0.25, 0.3) is 0 Å². The monoisotopic (exact) mass is 274 g/mol. The Labute approximate surface area is 120 Å². The van der Waals surface area contributed by atoms with Crippen LogP contribution >= 0.6 is 0 Å². The van der Waals surface area contributed by atoms with Gasteiger partial charge in [-0.15, -0.1) is 0 Å². The molecule has 0 aliphatic carbocycles. The van der Waals surface area contributed by atoms with Gasteiger partial charge in [-0.25, -0.2) is 4.39 Å². The van der Waals surface area contributed by atoms with Gasteiger partial charge in [0.1, 0.15) is 5.82 Å². The Bertz CT molecular complexity index is 519. The molecule has 2 nitrogen and oxygen atoms in total. The van der Waals surface area contributed by atoms with Crippen molar-refractivity contribution in [1.29, 1.82) is 0 Å². The number of hydrogen-bond donors (Lipinski definition) is 1. The summed E-state index contributed by atoms with van der Waals surface area (Å²) in [6.07, 6.45) is 5.80. The Morgan fingerprint density at radius 2 is 2.05 bits per heavy atom. The Hall–Kier alpha value is -1.61. The minimum atomic E-state index is -0.172. The molecule has 0 unspecified atom stereocenters. The molecule has 0 saturated heterocycles. The van der Waals surface area contributed by atoms with E-state index in [-0.39, 0.29) is 5.82 Å². The molecule has 0 aliphatic rings. The zero-order chi connectivity index (χ0) is 14.2. The van der Waals surface area contributed by atoms with Crippen LogP contribution in [0.5, 0.6) is 0 Å². The van der Waals surface area contributed by atoms with Gasteiger partial charge in [0.2, 0.25) is 0 Å². The number of nitrogens with one attached hydrogen (secondary N) is 1. The fourth-order valence-electron chi connectivity index (χ4n) is 2.31. The molecule has 0 saturated carbocycles. The predicted octanol–water partition coefficient (Wildman–Crippen LogP) is 3.96. The molecule has 1 N–H and O–H groups in total. The van der Waals surface area contributed by atoms with Gasteiger partial charge in [0.05, 0.1) is 0 Å². The molecule has 1 aromatic carbocycles.